The average molecular weight is 288 g/mol. The first kappa shape index (κ1) is 15.4. The van der Waals surface area contributed by atoms with Crippen LogP contribution in [0.15, 0.2) is 36.5 Å². The summed E-state index contributed by atoms with van der Waals surface area (Å²) in [6, 6.07) is 8.60. The first-order valence-electron chi connectivity index (χ1n) is 7.15. The molecule has 2 aromatic rings. The molecule has 0 fully saturated rings. The summed E-state index contributed by atoms with van der Waals surface area (Å²) in [6.45, 7) is 4.89. The average Bonchev–Trinajstić information content (AvgIpc) is 2.49. The molecule has 0 saturated heterocycles. The maximum Gasteiger partial charge on any atom is 0.132 e. The van der Waals surface area contributed by atoms with Crippen molar-refractivity contribution >= 4 is 0 Å². The summed E-state index contributed by atoms with van der Waals surface area (Å²) in [4.78, 5) is 4.39. The van der Waals surface area contributed by atoms with Crippen molar-refractivity contribution in [1.29, 1.82) is 0 Å². The van der Waals surface area contributed by atoms with Crippen LogP contribution in [0.4, 0.5) is 4.39 Å². The lowest BCUT2D eigenvalue weighted by atomic mass is 10.0. The number of methoxy groups -OCH3 is 1. The standard InChI is InChI=1S/C17H21FN2O/c1-4-8-20-17(16-10-12(2)7-9-19-16)14-6-5-13(21-3)11-15(14)18/h5-7,9-11,17,20H,4,8H2,1-3H3. The normalized spacial score (nSPS) is 12.2. The molecule has 112 valence electrons. The zero-order valence-corrected chi connectivity index (χ0v) is 12.7. The fraction of sp³-hybridized carbons (Fsp3) is 0.353. The molecule has 0 bridgehead atoms. The van der Waals surface area contributed by atoms with Crippen molar-refractivity contribution in [2.24, 2.45) is 0 Å². The van der Waals surface area contributed by atoms with Gasteiger partial charge in [-0.1, -0.05) is 13.0 Å². The van der Waals surface area contributed by atoms with Crippen molar-refractivity contribution in [3.05, 3.63) is 59.2 Å². The molecule has 0 saturated carbocycles. The van der Waals surface area contributed by atoms with E-state index in [1.54, 1.807) is 18.3 Å². The topological polar surface area (TPSA) is 34.2 Å². The molecule has 0 spiro atoms. The Hall–Kier alpha value is -1.94. The highest BCUT2D eigenvalue weighted by Crippen LogP contribution is 2.26. The maximum atomic E-state index is 14.4. The molecule has 0 aliphatic heterocycles. The molecule has 1 N–H and O–H groups in total. The summed E-state index contributed by atoms with van der Waals surface area (Å²) >= 11 is 0. The number of halogens is 1. The Balaban J connectivity index is 2.40. The maximum absolute atomic E-state index is 14.4. The van der Waals surface area contributed by atoms with Crippen LogP contribution in [0, 0.1) is 12.7 Å². The van der Waals surface area contributed by atoms with Crippen molar-refractivity contribution in [3.63, 3.8) is 0 Å². The van der Waals surface area contributed by atoms with Crippen molar-refractivity contribution < 1.29 is 9.13 Å². The monoisotopic (exact) mass is 288 g/mol. The van der Waals surface area contributed by atoms with Crippen LogP contribution in [0.1, 0.15) is 36.2 Å². The summed E-state index contributed by atoms with van der Waals surface area (Å²) in [6.07, 6.45) is 2.73. The van der Waals surface area contributed by atoms with Crippen molar-refractivity contribution in [2.45, 2.75) is 26.3 Å². The highest BCUT2D eigenvalue weighted by atomic mass is 19.1. The van der Waals surface area contributed by atoms with Crippen LogP contribution in [-0.2, 0) is 0 Å². The fourth-order valence-electron chi connectivity index (χ4n) is 2.25. The molecular formula is C17H21FN2O. The van der Waals surface area contributed by atoms with Crippen LogP contribution in [-0.4, -0.2) is 18.6 Å². The highest BCUT2D eigenvalue weighted by molar-refractivity contribution is 5.35. The van der Waals surface area contributed by atoms with Gasteiger partial charge >= 0.3 is 0 Å². The van der Waals surface area contributed by atoms with Gasteiger partial charge in [-0.25, -0.2) is 4.39 Å². The summed E-state index contributed by atoms with van der Waals surface area (Å²) < 4.78 is 19.4. The SMILES string of the molecule is CCCNC(c1cc(C)ccn1)c1ccc(OC)cc1F. The van der Waals surface area contributed by atoms with Gasteiger partial charge in [0.15, 0.2) is 0 Å². The quantitative estimate of drug-likeness (QED) is 0.881. The Morgan fingerprint density at radius 3 is 2.71 bits per heavy atom. The Morgan fingerprint density at radius 1 is 1.29 bits per heavy atom. The van der Waals surface area contributed by atoms with E-state index >= 15 is 0 Å². The van der Waals surface area contributed by atoms with Crippen LogP contribution in [0.3, 0.4) is 0 Å². The molecule has 4 heteroatoms. The zero-order chi connectivity index (χ0) is 15.2. The van der Waals surface area contributed by atoms with Crippen LogP contribution in [0.5, 0.6) is 5.75 Å². The minimum atomic E-state index is -0.286. The third kappa shape index (κ3) is 3.79. The predicted octanol–water partition coefficient (Wildman–Crippen LogP) is 3.63. The second-order valence-electron chi connectivity index (χ2n) is 5.03. The molecule has 0 aliphatic carbocycles. The van der Waals surface area contributed by atoms with Gasteiger partial charge in [0.25, 0.3) is 0 Å². The second kappa shape index (κ2) is 7.18. The van der Waals surface area contributed by atoms with Crippen molar-refractivity contribution in [1.82, 2.24) is 10.3 Å². The molecule has 1 aromatic carbocycles. The van der Waals surface area contributed by atoms with Gasteiger partial charge in [-0.2, -0.15) is 0 Å². The third-order valence-electron chi connectivity index (χ3n) is 3.35. The molecule has 1 unspecified atom stereocenters. The third-order valence-corrected chi connectivity index (χ3v) is 3.35. The Labute approximate surface area is 125 Å². The molecular weight excluding hydrogens is 267 g/mol. The zero-order valence-electron chi connectivity index (χ0n) is 12.7. The van der Waals surface area contributed by atoms with Gasteiger partial charge < -0.3 is 10.1 Å². The van der Waals surface area contributed by atoms with Gasteiger partial charge in [0.1, 0.15) is 11.6 Å². The van der Waals surface area contributed by atoms with E-state index < -0.39 is 0 Å². The van der Waals surface area contributed by atoms with Gasteiger partial charge in [-0.3, -0.25) is 4.98 Å². The Bertz CT molecular complexity index is 601. The van der Waals surface area contributed by atoms with Crippen LogP contribution in [0.2, 0.25) is 0 Å². The number of aryl methyl sites for hydroxylation is 1. The minimum absolute atomic E-state index is 0.254. The molecule has 1 heterocycles. The number of hydrogen-bond acceptors (Lipinski definition) is 3. The summed E-state index contributed by atoms with van der Waals surface area (Å²) in [5.74, 6) is 0.231. The first-order valence-corrected chi connectivity index (χ1v) is 7.15. The summed E-state index contributed by atoms with van der Waals surface area (Å²) in [5, 5.41) is 3.36. The van der Waals surface area contributed by atoms with E-state index in [0.717, 1.165) is 24.2 Å². The molecule has 3 nitrogen and oxygen atoms in total. The fourth-order valence-corrected chi connectivity index (χ4v) is 2.25. The van der Waals surface area contributed by atoms with Gasteiger partial charge in [0, 0.05) is 17.8 Å². The van der Waals surface area contributed by atoms with E-state index in [1.165, 1.54) is 13.2 Å². The molecule has 1 aromatic heterocycles. The molecule has 0 aliphatic rings. The van der Waals surface area contributed by atoms with Gasteiger partial charge in [-0.15, -0.1) is 0 Å². The van der Waals surface area contributed by atoms with Crippen LogP contribution < -0.4 is 10.1 Å². The number of pyridine rings is 1. The molecule has 1 atom stereocenters. The summed E-state index contributed by atoms with van der Waals surface area (Å²) in [5.41, 5.74) is 2.52. The second-order valence-corrected chi connectivity index (χ2v) is 5.03. The number of aromatic nitrogens is 1. The van der Waals surface area contributed by atoms with Gasteiger partial charge in [0.05, 0.1) is 18.8 Å². The number of nitrogens with zero attached hydrogens (tertiary/aromatic N) is 1. The Kier molecular flexibility index (Phi) is 5.28. The molecule has 21 heavy (non-hydrogen) atoms. The van der Waals surface area contributed by atoms with Gasteiger partial charge in [-0.05, 0) is 43.7 Å². The minimum Gasteiger partial charge on any atom is -0.497 e. The van der Waals surface area contributed by atoms with E-state index in [1.807, 2.05) is 19.1 Å². The van der Waals surface area contributed by atoms with Crippen molar-refractivity contribution in [2.75, 3.05) is 13.7 Å². The van der Waals surface area contributed by atoms with Crippen molar-refractivity contribution in [3.8, 4) is 5.75 Å². The molecule has 0 radical (unpaired) electrons. The number of hydrogen-bond donors (Lipinski definition) is 1. The number of benzene rings is 1. The van der Waals surface area contributed by atoms with E-state index in [4.69, 9.17) is 4.74 Å². The predicted molar refractivity (Wildman–Crippen MR) is 82.1 cm³/mol. The lowest BCUT2D eigenvalue weighted by Gasteiger charge is -2.20. The molecule has 0 amide bonds. The lowest BCUT2D eigenvalue weighted by Crippen LogP contribution is -2.25. The highest BCUT2D eigenvalue weighted by Gasteiger charge is 2.19. The van der Waals surface area contributed by atoms with Crippen LogP contribution in [0.25, 0.3) is 0 Å². The van der Waals surface area contributed by atoms with E-state index in [-0.39, 0.29) is 11.9 Å². The van der Waals surface area contributed by atoms with E-state index in [9.17, 15) is 4.39 Å². The first-order chi connectivity index (χ1) is 10.2. The van der Waals surface area contributed by atoms with Gasteiger partial charge in [0.2, 0.25) is 0 Å². The molecule has 2 rings (SSSR count). The lowest BCUT2D eigenvalue weighted by molar-refractivity contribution is 0.409. The van der Waals surface area contributed by atoms with E-state index in [0.29, 0.717) is 11.3 Å². The van der Waals surface area contributed by atoms with Crippen LogP contribution >= 0.6 is 0 Å². The smallest absolute Gasteiger partial charge is 0.132 e. The number of ether oxygens (including phenoxy) is 1. The number of rotatable bonds is 6. The summed E-state index contributed by atoms with van der Waals surface area (Å²) in [7, 11) is 1.53. The largest absolute Gasteiger partial charge is 0.497 e. The Morgan fingerprint density at radius 2 is 2.10 bits per heavy atom. The number of nitrogens with one attached hydrogen (secondary N) is 1. The van der Waals surface area contributed by atoms with E-state index in [2.05, 4.69) is 17.2 Å².